The number of methoxy groups -OCH3 is 1. The Hall–Kier alpha value is -3.59. The number of ether oxygens (including phenoxy) is 3. The van der Waals surface area contributed by atoms with E-state index in [9.17, 15) is 31.5 Å². The summed E-state index contributed by atoms with van der Waals surface area (Å²) in [4.78, 5) is 15.4. The molecule has 0 saturated carbocycles. The molecule has 0 aliphatic rings. The third kappa shape index (κ3) is 8.95. The van der Waals surface area contributed by atoms with Crippen molar-refractivity contribution >= 4 is 27.7 Å². The molecule has 0 saturated heterocycles. The molecule has 3 N–H and O–H groups in total. The summed E-state index contributed by atoms with van der Waals surface area (Å²) in [6, 6.07) is 11.2. The van der Waals surface area contributed by atoms with Crippen molar-refractivity contribution in [1.29, 1.82) is 0 Å². The van der Waals surface area contributed by atoms with Crippen LogP contribution in [0.1, 0.15) is 23.1 Å². The molecule has 0 spiro atoms. The van der Waals surface area contributed by atoms with Gasteiger partial charge < -0.3 is 24.8 Å². The van der Waals surface area contributed by atoms with Crippen molar-refractivity contribution in [2.45, 2.75) is 30.8 Å². The zero-order valence-electron chi connectivity index (χ0n) is 21.9. The fourth-order valence-corrected chi connectivity index (χ4v) is 5.01. The number of aromatic nitrogens is 1. The molecule has 2 aromatic carbocycles. The number of rotatable bonds is 12. The predicted molar refractivity (Wildman–Crippen MR) is 143 cm³/mol. The first-order valence-corrected chi connectivity index (χ1v) is 13.6. The molecule has 0 atom stereocenters. The van der Waals surface area contributed by atoms with E-state index in [1.807, 2.05) is 0 Å². The van der Waals surface area contributed by atoms with E-state index in [4.69, 9.17) is 25.8 Å². The molecule has 1 heterocycles. The summed E-state index contributed by atoms with van der Waals surface area (Å²) < 4.78 is 81.5. The molecule has 3 rings (SSSR count). The largest absolute Gasteiger partial charge is 0.491 e. The van der Waals surface area contributed by atoms with Crippen molar-refractivity contribution in [3.8, 4) is 17.4 Å². The molecule has 0 fully saturated rings. The highest BCUT2D eigenvalue weighted by Crippen LogP contribution is 2.36. The first-order valence-electron chi connectivity index (χ1n) is 11.8. The molecular formula is C26H28ClF3N2O8S. The molecule has 10 nitrogen and oxygen atoms in total. The smallest absolute Gasteiger partial charge is 0.421 e. The van der Waals surface area contributed by atoms with Crippen LogP contribution < -0.4 is 9.47 Å². The maximum Gasteiger partial charge on any atom is 0.421 e. The van der Waals surface area contributed by atoms with E-state index in [2.05, 4.69) is 4.98 Å². The van der Waals surface area contributed by atoms with E-state index >= 15 is 0 Å². The highest BCUT2D eigenvalue weighted by Gasteiger charge is 2.32. The Labute approximate surface area is 239 Å². The van der Waals surface area contributed by atoms with Gasteiger partial charge in [0.05, 0.1) is 17.1 Å². The summed E-state index contributed by atoms with van der Waals surface area (Å²) in [6.45, 7) is 1.91. The van der Waals surface area contributed by atoms with Crippen LogP contribution in [0.25, 0.3) is 0 Å². The maximum absolute atomic E-state index is 13.0. The van der Waals surface area contributed by atoms with Crippen LogP contribution in [-0.4, -0.2) is 61.3 Å². The number of carboxylic acid groups (broad SMARTS) is 1. The molecule has 0 aliphatic carbocycles. The van der Waals surface area contributed by atoms with Gasteiger partial charge in [-0.1, -0.05) is 35.4 Å². The van der Waals surface area contributed by atoms with Gasteiger partial charge in [-0.15, -0.1) is 0 Å². The van der Waals surface area contributed by atoms with Crippen LogP contribution in [-0.2, 0) is 27.4 Å². The van der Waals surface area contributed by atoms with Gasteiger partial charge in [0.1, 0.15) is 23.1 Å². The van der Waals surface area contributed by atoms with Gasteiger partial charge in [0.25, 0.3) is 10.0 Å². The number of hydrogen-bond acceptors (Lipinski definition) is 7. The summed E-state index contributed by atoms with van der Waals surface area (Å²) in [6.07, 6.45) is -5.50. The van der Waals surface area contributed by atoms with Gasteiger partial charge in [-0.05, 0) is 49.6 Å². The van der Waals surface area contributed by atoms with Crippen LogP contribution in [0.3, 0.4) is 0 Å². The Morgan fingerprint density at radius 1 is 1.10 bits per heavy atom. The number of nitrogens with zero attached hydrogens (tertiary/aromatic N) is 2. The summed E-state index contributed by atoms with van der Waals surface area (Å²) in [5, 5.41) is 9.23. The maximum atomic E-state index is 13.0. The second-order valence-corrected chi connectivity index (χ2v) is 10.8. The Morgan fingerprint density at radius 3 is 2.37 bits per heavy atom. The molecule has 41 heavy (non-hydrogen) atoms. The molecule has 0 aliphatic heterocycles. The van der Waals surface area contributed by atoms with Crippen LogP contribution in [0.5, 0.6) is 17.4 Å². The van der Waals surface area contributed by atoms with Gasteiger partial charge in [0.15, 0.2) is 0 Å². The minimum Gasteiger partial charge on any atom is -0.491 e. The number of aryl methyl sites for hydroxylation is 2. The minimum atomic E-state index is -4.65. The van der Waals surface area contributed by atoms with Crippen molar-refractivity contribution in [2.75, 3.05) is 26.9 Å². The van der Waals surface area contributed by atoms with E-state index in [0.717, 1.165) is 5.56 Å². The van der Waals surface area contributed by atoms with Crippen LogP contribution in [0.15, 0.2) is 59.6 Å². The van der Waals surface area contributed by atoms with Gasteiger partial charge in [0.2, 0.25) is 5.88 Å². The Balaban J connectivity index is 0.00000588. The predicted octanol–water partition coefficient (Wildman–Crippen LogP) is 5.36. The van der Waals surface area contributed by atoms with Crippen molar-refractivity contribution < 1.29 is 51.2 Å². The number of carbonyl (C=O) groups is 1. The van der Waals surface area contributed by atoms with Gasteiger partial charge in [-0.25, -0.2) is 22.5 Å². The van der Waals surface area contributed by atoms with Gasteiger partial charge >= 0.3 is 12.3 Å². The third-order valence-corrected chi connectivity index (χ3v) is 7.62. The zero-order chi connectivity index (χ0) is 29.5. The molecule has 3 aromatic rings. The summed E-state index contributed by atoms with van der Waals surface area (Å²) in [5.41, 5.74) is 0.242. The van der Waals surface area contributed by atoms with E-state index in [1.54, 1.807) is 31.2 Å². The fraction of sp³-hybridized carbons (Fsp3) is 0.308. The first kappa shape index (κ1) is 33.6. The quantitative estimate of drug-likeness (QED) is 0.266. The highest BCUT2D eigenvalue weighted by molar-refractivity contribution is 7.89. The highest BCUT2D eigenvalue weighted by atomic mass is 35.5. The molecule has 15 heteroatoms. The summed E-state index contributed by atoms with van der Waals surface area (Å²) >= 11 is 6.00. The van der Waals surface area contributed by atoms with Gasteiger partial charge in [-0.3, -0.25) is 0 Å². The first-order chi connectivity index (χ1) is 18.8. The number of hydrogen-bond donors (Lipinski definition) is 1. The molecule has 0 bridgehead atoms. The van der Waals surface area contributed by atoms with Crippen molar-refractivity contribution in [3.05, 3.63) is 76.4 Å². The minimum absolute atomic E-state index is 0. The Bertz CT molecular complexity index is 1440. The number of amides is 1. The SMILES string of the molecule is COCCOc1ccc(CCCN(C(=O)O)S(=O)(=O)c2ccc(C)cc2)c(Oc2ncc(C(F)(F)F)cc2Cl)c1.O. The average molecular weight is 621 g/mol. The lowest BCUT2D eigenvalue weighted by Gasteiger charge is -2.20. The number of alkyl halides is 3. The molecular weight excluding hydrogens is 593 g/mol. The number of benzene rings is 2. The molecule has 1 amide bonds. The molecule has 224 valence electrons. The Kier molecular flexibility index (Phi) is 11.8. The lowest BCUT2D eigenvalue weighted by molar-refractivity contribution is -0.137. The van der Waals surface area contributed by atoms with Gasteiger partial charge in [0, 0.05) is 25.9 Å². The zero-order valence-corrected chi connectivity index (χ0v) is 23.5. The number of sulfonamides is 1. The second-order valence-electron chi connectivity index (χ2n) is 8.50. The topological polar surface area (TPSA) is 147 Å². The van der Waals surface area contributed by atoms with E-state index < -0.39 is 27.9 Å². The second kappa shape index (κ2) is 14.3. The fourth-order valence-electron chi connectivity index (χ4n) is 3.50. The number of halogens is 4. The van der Waals surface area contributed by atoms with Crippen LogP contribution in [0.4, 0.5) is 18.0 Å². The normalized spacial score (nSPS) is 11.5. The lowest BCUT2D eigenvalue weighted by Crippen LogP contribution is -2.36. The van der Waals surface area contributed by atoms with Crippen molar-refractivity contribution in [2.24, 2.45) is 0 Å². The molecule has 1 aromatic heterocycles. The van der Waals surface area contributed by atoms with E-state index in [0.29, 0.717) is 34.5 Å². The number of pyridine rings is 1. The van der Waals surface area contributed by atoms with Crippen LogP contribution in [0.2, 0.25) is 5.02 Å². The van der Waals surface area contributed by atoms with Crippen molar-refractivity contribution in [3.63, 3.8) is 0 Å². The summed E-state index contributed by atoms with van der Waals surface area (Å²) in [7, 11) is -2.82. The third-order valence-electron chi connectivity index (χ3n) is 5.57. The van der Waals surface area contributed by atoms with Gasteiger partial charge in [-0.2, -0.15) is 13.2 Å². The molecule has 0 radical (unpaired) electrons. The molecule has 0 unspecified atom stereocenters. The van der Waals surface area contributed by atoms with E-state index in [1.165, 1.54) is 25.3 Å². The summed E-state index contributed by atoms with van der Waals surface area (Å²) in [5.74, 6) is 0.194. The lowest BCUT2D eigenvalue weighted by atomic mass is 10.1. The standard InChI is InChI=1S/C26H26ClF3N2O7S.H2O/c1-17-5-9-21(10-6-17)40(35,36)32(25(33)34)11-3-4-18-7-8-20(38-13-12-37-2)15-23(18)39-24-22(27)14-19(16-31-24)26(28,29)30;/h5-10,14-16H,3-4,11-13H2,1-2H3,(H,33,34);1H2. The van der Waals surface area contributed by atoms with Crippen LogP contribution in [0, 0.1) is 6.92 Å². The average Bonchev–Trinajstić information content (AvgIpc) is 2.88. The van der Waals surface area contributed by atoms with E-state index in [-0.39, 0.29) is 53.0 Å². The monoisotopic (exact) mass is 620 g/mol. The van der Waals surface area contributed by atoms with Crippen LogP contribution >= 0.6 is 11.6 Å². The Morgan fingerprint density at radius 2 is 1.78 bits per heavy atom. The van der Waals surface area contributed by atoms with Crippen molar-refractivity contribution in [1.82, 2.24) is 9.29 Å².